The molecule has 0 bridgehead atoms. The van der Waals surface area contributed by atoms with E-state index in [0.717, 1.165) is 5.56 Å². The Balaban J connectivity index is 1.73. The first-order valence-electron chi connectivity index (χ1n) is 7.62. The highest BCUT2D eigenvalue weighted by Gasteiger charge is 2.03. The molecule has 0 saturated heterocycles. The Bertz CT molecular complexity index is 830. The van der Waals surface area contributed by atoms with Crippen molar-refractivity contribution in [1.82, 2.24) is 10.7 Å². The Kier molecular flexibility index (Phi) is 6.75. The molecule has 0 aliphatic heterocycles. The van der Waals surface area contributed by atoms with Crippen LogP contribution in [0.5, 0.6) is 0 Å². The number of nitro benzene ring substituents is 1. The van der Waals surface area contributed by atoms with Gasteiger partial charge in [0.2, 0.25) is 5.91 Å². The molecule has 0 atom stereocenters. The largest absolute Gasteiger partial charge is 0.343 e. The third-order valence-electron chi connectivity index (χ3n) is 3.16. The van der Waals surface area contributed by atoms with Crippen molar-refractivity contribution < 1.29 is 14.5 Å². The standard InChI is InChI=1S/C18H16N4O4/c23-17(11-8-14-4-2-1-3-5-14)19-13-18(24)21-20-12-15-6-9-16(10-7-15)22(25)26/h1-12H,13H2,(H,19,23)(H,21,24)/b11-8+,20-12+. The van der Waals surface area contributed by atoms with E-state index in [0.29, 0.717) is 5.56 Å². The minimum atomic E-state index is -0.502. The van der Waals surface area contributed by atoms with Gasteiger partial charge in [0.05, 0.1) is 17.7 Å². The lowest BCUT2D eigenvalue weighted by Gasteiger charge is -2.01. The van der Waals surface area contributed by atoms with Crippen LogP contribution in [0.4, 0.5) is 5.69 Å². The number of nitrogens with one attached hydrogen (secondary N) is 2. The van der Waals surface area contributed by atoms with Crippen LogP contribution in [-0.2, 0) is 9.59 Å². The van der Waals surface area contributed by atoms with Crippen molar-refractivity contribution in [1.29, 1.82) is 0 Å². The van der Waals surface area contributed by atoms with E-state index in [-0.39, 0.29) is 12.2 Å². The molecule has 0 heterocycles. The first-order valence-corrected chi connectivity index (χ1v) is 7.62. The van der Waals surface area contributed by atoms with Crippen LogP contribution in [0.1, 0.15) is 11.1 Å². The zero-order valence-corrected chi connectivity index (χ0v) is 13.7. The van der Waals surface area contributed by atoms with Gasteiger partial charge in [-0.2, -0.15) is 5.10 Å². The molecule has 8 heteroatoms. The molecule has 0 radical (unpaired) electrons. The van der Waals surface area contributed by atoms with Gasteiger partial charge in [-0.25, -0.2) is 5.43 Å². The normalized spacial score (nSPS) is 10.8. The molecular weight excluding hydrogens is 336 g/mol. The fourth-order valence-corrected chi connectivity index (χ4v) is 1.86. The van der Waals surface area contributed by atoms with Gasteiger partial charge < -0.3 is 5.32 Å². The second-order valence-electron chi connectivity index (χ2n) is 5.10. The molecule has 0 fully saturated rings. The predicted molar refractivity (Wildman–Crippen MR) is 97.3 cm³/mol. The lowest BCUT2D eigenvalue weighted by Crippen LogP contribution is -2.34. The van der Waals surface area contributed by atoms with E-state index in [1.165, 1.54) is 36.6 Å². The predicted octanol–water partition coefficient (Wildman–Crippen LogP) is 1.87. The molecule has 2 amide bonds. The SMILES string of the molecule is O=C(/C=C/c1ccccc1)NCC(=O)N/N=C/c1ccc([N+](=O)[O-])cc1. The van der Waals surface area contributed by atoms with Crippen LogP contribution in [-0.4, -0.2) is 29.5 Å². The fourth-order valence-electron chi connectivity index (χ4n) is 1.86. The highest BCUT2D eigenvalue weighted by Crippen LogP contribution is 2.10. The molecule has 8 nitrogen and oxygen atoms in total. The van der Waals surface area contributed by atoms with Crippen LogP contribution in [0.2, 0.25) is 0 Å². The summed E-state index contributed by atoms with van der Waals surface area (Å²) in [6.07, 6.45) is 4.32. The number of hydrogen-bond acceptors (Lipinski definition) is 5. The summed E-state index contributed by atoms with van der Waals surface area (Å²) >= 11 is 0. The molecule has 0 aromatic heterocycles. The van der Waals surface area contributed by atoms with Crippen molar-refractivity contribution in [2.24, 2.45) is 5.10 Å². The summed E-state index contributed by atoms with van der Waals surface area (Å²) in [6, 6.07) is 15.0. The van der Waals surface area contributed by atoms with E-state index >= 15 is 0 Å². The van der Waals surface area contributed by atoms with E-state index in [4.69, 9.17) is 0 Å². The van der Waals surface area contributed by atoms with E-state index in [1.807, 2.05) is 30.3 Å². The monoisotopic (exact) mass is 352 g/mol. The third-order valence-corrected chi connectivity index (χ3v) is 3.16. The van der Waals surface area contributed by atoms with Gasteiger partial charge >= 0.3 is 0 Å². The van der Waals surface area contributed by atoms with E-state index < -0.39 is 16.7 Å². The number of amides is 2. The van der Waals surface area contributed by atoms with Crippen molar-refractivity contribution in [3.05, 3.63) is 81.9 Å². The van der Waals surface area contributed by atoms with E-state index in [1.54, 1.807) is 6.08 Å². The minimum absolute atomic E-state index is 0.0301. The lowest BCUT2D eigenvalue weighted by atomic mass is 10.2. The van der Waals surface area contributed by atoms with Gasteiger partial charge in [0.25, 0.3) is 11.6 Å². The van der Waals surface area contributed by atoms with Gasteiger partial charge in [-0.05, 0) is 29.3 Å². The molecule has 0 unspecified atom stereocenters. The summed E-state index contributed by atoms with van der Waals surface area (Å²) < 4.78 is 0. The van der Waals surface area contributed by atoms with Crippen LogP contribution in [0.3, 0.4) is 0 Å². The van der Waals surface area contributed by atoms with Crippen LogP contribution >= 0.6 is 0 Å². The maximum atomic E-state index is 11.6. The highest BCUT2D eigenvalue weighted by molar-refractivity contribution is 5.94. The third kappa shape index (κ3) is 6.36. The van der Waals surface area contributed by atoms with Crippen molar-refractivity contribution in [2.45, 2.75) is 0 Å². The molecule has 0 aliphatic rings. The number of nitrogens with zero attached hydrogens (tertiary/aromatic N) is 2. The summed E-state index contributed by atoms with van der Waals surface area (Å²) in [5.74, 6) is -0.895. The topological polar surface area (TPSA) is 114 Å². The van der Waals surface area contributed by atoms with Crippen molar-refractivity contribution in [2.75, 3.05) is 6.54 Å². The quantitative estimate of drug-likeness (QED) is 0.343. The highest BCUT2D eigenvalue weighted by atomic mass is 16.6. The summed E-state index contributed by atoms with van der Waals surface area (Å²) in [6.45, 7) is -0.227. The molecule has 0 saturated carbocycles. The number of carbonyl (C=O) groups excluding carboxylic acids is 2. The summed E-state index contributed by atoms with van der Waals surface area (Å²) in [4.78, 5) is 33.3. The summed E-state index contributed by atoms with van der Waals surface area (Å²) in [7, 11) is 0. The first-order chi connectivity index (χ1) is 12.5. The van der Waals surface area contributed by atoms with Crippen molar-refractivity contribution >= 4 is 29.8 Å². The first kappa shape index (κ1) is 18.5. The van der Waals surface area contributed by atoms with Gasteiger partial charge in [0.15, 0.2) is 0 Å². The Morgan fingerprint density at radius 1 is 1.04 bits per heavy atom. The Morgan fingerprint density at radius 2 is 1.73 bits per heavy atom. The van der Waals surface area contributed by atoms with Crippen LogP contribution < -0.4 is 10.7 Å². The van der Waals surface area contributed by atoms with Gasteiger partial charge in [-0.1, -0.05) is 30.3 Å². The maximum absolute atomic E-state index is 11.6. The fraction of sp³-hybridized carbons (Fsp3) is 0.0556. The Hall–Kier alpha value is -3.81. The van der Waals surface area contributed by atoms with Gasteiger partial charge in [-0.15, -0.1) is 0 Å². The smallest absolute Gasteiger partial charge is 0.269 e. The van der Waals surface area contributed by atoms with E-state index in [2.05, 4.69) is 15.8 Å². The zero-order chi connectivity index (χ0) is 18.8. The van der Waals surface area contributed by atoms with Crippen molar-refractivity contribution in [3.63, 3.8) is 0 Å². The average Bonchev–Trinajstić information content (AvgIpc) is 2.66. The molecular formula is C18H16N4O4. The number of carbonyl (C=O) groups is 2. The maximum Gasteiger partial charge on any atom is 0.269 e. The van der Waals surface area contributed by atoms with Crippen LogP contribution in [0.15, 0.2) is 65.8 Å². The number of rotatable bonds is 7. The molecule has 2 aromatic rings. The van der Waals surface area contributed by atoms with Crippen LogP contribution in [0, 0.1) is 10.1 Å². The van der Waals surface area contributed by atoms with Gasteiger partial charge in [-0.3, -0.25) is 19.7 Å². The van der Waals surface area contributed by atoms with Crippen LogP contribution in [0.25, 0.3) is 6.08 Å². The Morgan fingerprint density at radius 3 is 2.38 bits per heavy atom. The zero-order valence-electron chi connectivity index (χ0n) is 13.7. The van der Waals surface area contributed by atoms with Gasteiger partial charge in [0.1, 0.15) is 0 Å². The number of hydrazone groups is 1. The number of nitro groups is 1. The summed E-state index contributed by atoms with van der Waals surface area (Å²) in [5.41, 5.74) is 3.69. The molecule has 0 spiro atoms. The second-order valence-corrected chi connectivity index (χ2v) is 5.10. The molecule has 2 aromatic carbocycles. The molecule has 2 rings (SSSR count). The summed E-state index contributed by atoms with van der Waals surface area (Å²) in [5, 5.41) is 16.7. The van der Waals surface area contributed by atoms with E-state index in [9.17, 15) is 19.7 Å². The van der Waals surface area contributed by atoms with Crippen molar-refractivity contribution in [3.8, 4) is 0 Å². The molecule has 132 valence electrons. The number of hydrogen-bond donors (Lipinski definition) is 2. The Labute approximate surface area is 149 Å². The number of non-ortho nitro benzene ring substituents is 1. The lowest BCUT2D eigenvalue weighted by molar-refractivity contribution is -0.384. The number of benzene rings is 2. The van der Waals surface area contributed by atoms with Gasteiger partial charge in [0, 0.05) is 18.2 Å². The molecule has 26 heavy (non-hydrogen) atoms. The molecule has 0 aliphatic carbocycles. The second kappa shape index (κ2) is 9.48. The minimum Gasteiger partial charge on any atom is -0.343 e. The average molecular weight is 352 g/mol. The molecule has 2 N–H and O–H groups in total.